The Morgan fingerprint density at radius 2 is 0.842 bits per heavy atom. The predicted octanol–water partition coefficient (Wildman–Crippen LogP) is 15.3. The van der Waals surface area contributed by atoms with Crippen molar-refractivity contribution in [2.75, 3.05) is 10.6 Å². The smallest absolute Gasteiger partial charge is 0.0464 e. The van der Waals surface area contributed by atoms with Gasteiger partial charge in [-0.1, -0.05) is 172 Å². The third-order valence-corrected chi connectivity index (χ3v) is 11.7. The van der Waals surface area contributed by atoms with E-state index < -0.39 is 0 Å². The molecule has 0 heterocycles. The fourth-order valence-electron chi connectivity index (χ4n) is 8.66. The molecule has 0 aliphatic heterocycles. The van der Waals surface area contributed by atoms with Gasteiger partial charge in [0, 0.05) is 44.7 Å². The number of benzene rings is 9. The number of fused-ring (bicyclic) bond motifs is 4. The fraction of sp³-hybridized carbons (Fsp3) is 0.0545. The molecule has 1 aliphatic rings. The molecule has 0 radical (unpaired) electrons. The summed E-state index contributed by atoms with van der Waals surface area (Å²) in [7, 11) is 0. The van der Waals surface area contributed by atoms with Crippen molar-refractivity contribution >= 4 is 33.5 Å². The van der Waals surface area contributed by atoms with Gasteiger partial charge in [0.25, 0.3) is 0 Å². The Labute approximate surface area is 335 Å². The molecule has 272 valence electrons. The Balaban J connectivity index is 1.08. The van der Waals surface area contributed by atoms with Crippen LogP contribution >= 0.6 is 0 Å². The molecule has 0 spiro atoms. The molecule has 0 bridgehead atoms. The van der Waals surface area contributed by atoms with Gasteiger partial charge in [0.1, 0.15) is 0 Å². The van der Waals surface area contributed by atoms with Crippen molar-refractivity contribution in [1.29, 1.82) is 0 Å². The molecule has 0 saturated carbocycles. The lowest BCUT2D eigenvalue weighted by atomic mass is 9.82. The highest BCUT2D eigenvalue weighted by atomic mass is 14.9. The molecule has 2 N–H and O–H groups in total. The monoisotopic (exact) mass is 730 g/mol. The quantitative estimate of drug-likeness (QED) is 0.163. The average molecular weight is 731 g/mol. The second-order valence-electron chi connectivity index (χ2n) is 15.5. The van der Waals surface area contributed by atoms with Crippen LogP contribution in [0.3, 0.4) is 0 Å². The first-order chi connectivity index (χ1) is 28.0. The second kappa shape index (κ2) is 14.2. The topological polar surface area (TPSA) is 24.1 Å². The maximum absolute atomic E-state index is 3.81. The first kappa shape index (κ1) is 34.3. The maximum Gasteiger partial charge on any atom is 0.0464 e. The molecule has 57 heavy (non-hydrogen) atoms. The first-order valence-corrected chi connectivity index (χ1v) is 19.8. The van der Waals surface area contributed by atoms with Crippen LogP contribution in [0.5, 0.6) is 0 Å². The van der Waals surface area contributed by atoms with E-state index in [0.29, 0.717) is 0 Å². The van der Waals surface area contributed by atoms with Gasteiger partial charge in [-0.3, -0.25) is 0 Å². The van der Waals surface area contributed by atoms with Crippen molar-refractivity contribution < 1.29 is 0 Å². The molecule has 9 aromatic carbocycles. The number of rotatable bonds is 8. The summed E-state index contributed by atoms with van der Waals surface area (Å²) >= 11 is 0. The molecule has 1 aliphatic carbocycles. The van der Waals surface area contributed by atoms with Crippen molar-refractivity contribution in [3.05, 3.63) is 217 Å². The minimum Gasteiger partial charge on any atom is -0.355 e. The lowest BCUT2D eigenvalue weighted by Crippen LogP contribution is -2.14. The number of nitrogens with one attached hydrogen (secondary N) is 2. The zero-order chi connectivity index (χ0) is 38.3. The van der Waals surface area contributed by atoms with Gasteiger partial charge in [-0.2, -0.15) is 0 Å². The van der Waals surface area contributed by atoms with Crippen LogP contribution in [0.2, 0.25) is 0 Å². The Bertz CT molecular complexity index is 2900. The van der Waals surface area contributed by atoms with Gasteiger partial charge >= 0.3 is 0 Å². The third-order valence-electron chi connectivity index (χ3n) is 11.7. The maximum atomic E-state index is 3.81. The Kier molecular flexibility index (Phi) is 8.53. The van der Waals surface area contributed by atoms with Gasteiger partial charge in [0.2, 0.25) is 0 Å². The summed E-state index contributed by atoms with van der Waals surface area (Å²) in [5.41, 5.74) is 19.0. The van der Waals surface area contributed by atoms with Gasteiger partial charge in [-0.15, -0.1) is 0 Å². The second-order valence-corrected chi connectivity index (χ2v) is 15.5. The number of hydrogen-bond acceptors (Lipinski definition) is 2. The normalized spacial score (nSPS) is 12.5. The summed E-state index contributed by atoms with van der Waals surface area (Å²) in [6.07, 6.45) is 0. The van der Waals surface area contributed by atoms with E-state index >= 15 is 0 Å². The highest BCUT2D eigenvalue weighted by Crippen LogP contribution is 2.50. The zero-order valence-electron chi connectivity index (χ0n) is 32.1. The molecule has 0 amide bonds. The molecule has 9 aromatic rings. The van der Waals surface area contributed by atoms with Gasteiger partial charge in [-0.05, 0) is 110 Å². The Morgan fingerprint density at radius 1 is 0.316 bits per heavy atom. The van der Waals surface area contributed by atoms with Crippen LogP contribution in [0.1, 0.15) is 25.0 Å². The van der Waals surface area contributed by atoms with E-state index in [4.69, 9.17) is 0 Å². The molecule has 0 fully saturated rings. The molecule has 0 unspecified atom stereocenters. The van der Waals surface area contributed by atoms with E-state index in [1.54, 1.807) is 0 Å². The van der Waals surface area contributed by atoms with Crippen molar-refractivity contribution in [2.24, 2.45) is 0 Å². The highest BCUT2D eigenvalue weighted by molar-refractivity contribution is 5.98. The van der Waals surface area contributed by atoms with E-state index in [0.717, 1.165) is 45.0 Å². The van der Waals surface area contributed by atoms with E-state index in [-0.39, 0.29) is 5.41 Å². The molecule has 0 saturated heterocycles. The SMILES string of the molecule is CC1(C)c2ccccc2-c2cc(-c3cc(-c4ccc(Nc5cccc6ccccc56)c(-c5ccccc5)c4)ccc3Nc3ccc(-c4ccccc4)cc3)ccc21. The van der Waals surface area contributed by atoms with Gasteiger partial charge in [-0.25, -0.2) is 0 Å². The summed E-state index contributed by atoms with van der Waals surface area (Å²) in [5.74, 6) is 0. The Morgan fingerprint density at radius 3 is 1.60 bits per heavy atom. The molecular formula is C55H42N2. The average Bonchev–Trinajstić information content (AvgIpc) is 3.50. The molecule has 2 nitrogen and oxygen atoms in total. The van der Waals surface area contributed by atoms with E-state index in [1.165, 1.54) is 55.3 Å². The van der Waals surface area contributed by atoms with E-state index in [1.807, 2.05) is 0 Å². The lowest BCUT2D eigenvalue weighted by Gasteiger charge is -2.22. The highest BCUT2D eigenvalue weighted by Gasteiger charge is 2.35. The van der Waals surface area contributed by atoms with Crippen molar-refractivity contribution in [3.8, 4) is 55.6 Å². The van der Waals surface area contributed by atoms with Crippen molar-refractivity contribution in [1.82, 2.24) is 0 Å². The summed E-state index contributed by atoms with van der Waals surface area (Å²) in [6.45, 7) is 4.68. The summed E-state index contributed by atoms with van der Waals surface area (Å²) in [5, 5.41) is 10.0. The van der Waals surface area contributed by atoms with Crippen LogP contribution in [0.4, 0.5) is 22.7 Å². The standard InChI is InChI=1S/C55H42N2/c1-55(2)50-22-12-11-21-46(50)49-36-43(26-31-51(49)55)48-35-42(27-32-53(48)56-44-29-24-38(25-30-44)37-14-5-3-6-15-37)41-28-33-54(47(34-41)40-16-7-4-8-17-40)57-52-23-13-19-39-18-9-10-20-45(39)52/h3-36,56-57H,1-2H3. The third kappa shape index (κ3) is 6.36. The van der Waals surface area contributed by atoms with E-state index in [9.17, 15) is 0 Å². The van der Waals surface area contributed by atoms with Crippen LogP contribution in [0, 0.1) is 0 Å². The summed E-state index contributed by atoms with van der Waals surface area (Å²) < 4.78 is 0. The van der Waals surface area contributed by atoms with Crippen molar-refractivity contribution in [2.45, 2.75) is 19.3 Å². The van der Waals surface area contributed by atoms with Gasteiger partial charge in [0.15, 0.2) is 0 Å². The minimum atomic E-state index is -0.0520. The first-order valence-electron chi connectivity index (χ1n) is 19.8. The largest absolute Gasteiger partial charge is 0.355 e. The van der Waals surface area contributed by atoms with Crippen LogP contribution in [-0.2, 0) is 5.41 Å². The molecular weight excluding hydrogens is 689 g/mol. The molecule has 10 rings (SSSR count). The fourth-order valence-corrected chi connectivity index (χ4v) is 8.66. The van der Waals surface area contributed by atoms with Crippen LogP contribution in [0.15, 0.2) is 206 Å². The predicted molar refractivity (Wildman–Crippen MR) is 243 cm³/mol. The Hall–Kier alpha value is -7.16. The summed E-state index contributed by atoms with van der Waals surface area (Å²) in [4.78, 5) is 0. The molecule has 2 heteroatoms. The molecule has 0 aromatic heterocycles. The van der Waals surface area contributed by atoms with Crippen LogP contribution in [0.25, 0.3) is 66.4 Å². The summed E-state index contributed by atoms with van der Waals surface area (Å²) in [6, 6.07) is 74.5. The number of anilines is 4. The minimum absolute atomic E-state index is 0.0520. The number of hydrogen-bond donors (Lipinski definition) is 2. The van der Waals surface area contributed by atoms with Crippen molar-refractivity contribution in [3.63, 3.8) is 0 Å². The zero-order valence-corrected chi connectivity index (χ0v) is 32.1. The molecule has 0 atom stereocenters. The van der Waals surface area contributed by atoms with Gasteiger partial charge in [0.05, 0.1) is 0 Å². The van der Waals surface area contributed by atoms with Crippen LogP contribution < -0.4 is 10.6 Å². The lowest BCUT2D eigenvalue weighted by molar-refractivity contribution is 0.660. The van der Waals surface area contributed by atoms with Gasteiger partial charge < -0.3 is 10.6 Å². The van der Waals surface area contributed by atoms with Crippen LogP contribution in [-0.4, -0.2) is 0 Å². The van der Waals surface area contributed by atoms with E-state index in [2.05, 4.69) is 231 Å².